The van der Waals surface area contributed by atoms with Crippen molar-refractivity contribution in [2.45, 2.75) is 31.6 Å². The summed E-state index contributed by atoms with van der Waals surface area (Å²) >= 11 is 1.34. The molecule has 1 aromatic carbocycles. The number of thioether (sulfide) groups is 1. The number of nitrogens with zero attached hydrogens (tertiary/aromatic N) is 4. The predicted molar refractivity (Wildman–Crippen MR) is 77.2 cm³/mol. The second-order valence-electron chi connectivity index (χ2n) is 4.27. The summed E-state index contributed by atoms with van der Waals surface area (Å²) in [5.41, 5.74) is 1.09. The first kappa shape index (κ1) is 14.5. The number of carbonyl (C=O) groups excluding carboxylic acids is 1. The second kappa shape index (κ2) is 7.04. The highest BCUT2D eigenvalue weighted by Gasteiger charge is 2.12. The zero-order valence-electron chi connectivity index (χ0n) is 11.5. The highest BCUT2D eigenvalue weighted by molar-refractivity contribution is 7.99. The summed E-state index contributed by atoms with van der Waals surface area (Å²) in [5, 5.41) is 14.9. The van der Waals surface area contributed by atoms with Gasteiger partial charge in [-0.15, -0.1) is 5.10 Å². The molecule has 0 radical (unpaired) electrons. The Morgan fingerprint density at radius 2 is 2.15 bits per heavy atom. The average Bonchev–Trinajstić information content (AvgIpc) is 2.93. The van der Waals surface area contributed by atoms with Crippen molar-refractivity contribution in [1.29, 1.82) is 0 Å². The lowest BCUT2D eigenvalue weighted by Gasteiger charge is -2.13. The van der Waals surface area contributed by atoms with Gasteiger partial charge in [-0.25, -0.2) is 4.68 Å². The second-order valence-corrected chi connectivity index (χ2v) is 5.21. The molecule has 2 aromatic rings. The van der Waals surface area contributed by atoms with Crippen LogP contribution < -0.4 is 5.32 Å². The third-order valence-electron chi connectivity index (χ3n) is 2.81. The van der Waals surface area contributed by atoms with E-state index in [2.05, 4.69) is 20.8 Å². The van der Waals surface area contributed by atoms with Gasteiger partial charge in [0.05, 0.1) is 11.8 Å². The molecule has 20 heavy (non-hydrogen) atoms. The van der Waals surface area contributed by atoms with E-state index in [-0.39, 0.29) is 11.9 Å². The Labute approximate surface area is 121 Å². The van der Waals surface area contributed by atoms with Gasteiger partial charge in [-0.2, -0.15) is 0 Å². The van der Waals surface area contributed by atoms with Gasteiger partial charge >= 0.3 is 0 Å². The number of hydrogen-bond acceptors (Lipinski definition) is 5. The Morgan fingerprint density at radius 1 is 1.40 bits per heavy atom. The standard InChI is InChI=1S/C13H17N5OS/c1-3-18-13(15-16-17-18)20-9-12(19)14-10(2)11-7-5-4-6-8-11/h4-8,10H,3,9H2,1-2H3,(H,14,19). The number of aryl methyl sites for hydroxylation is 1. The van der Waals surface area contributed by atoms with Crippen LogP contribution in [-0.2, 0) is 11.3 Å². The molecule has 0 aliphatic rings. The lowest BCUT2D eigenvalue weighted by atomic mass is 10.1. The molecule has 0 bridgehead atoms. The first-order valence-electron chi connectivity index (χ1n) is 6.44. The van der Waals surface area contributed by atoms with E-state index in [1.54, 1.807) is 4.68 Å². The summed E-state index contributed by atoms with van der Waals surface area (Å²) in [7, 11) is 0. The molecule has 1 atom stereocenters. The van der Waals surface area contributed by atoms with Crippen LogP contribution in [0.4, 0.5) is 0 Å². The number of carbonyl (C=O) groups is 1. The van der Waals surface area contributed by atoms with E-state index in [1.165, 1.54) is 11.8 Å². The summed E-state index contributed by atoms with van der Waals surface area (Å²) < 4.78 is 1.67. The van der Waals surface area contributed by atoms with Crippen molar-refractivity contribution >= 4 is 17.7 Å². The molecule has 0 saturated heterocycles. The molecule has 1 N–H and O–H groups in total. The number of nitrogens with one attached hydrogen (secondary N) is 1. The van der Waals surface area contributed by atoms with Crippen LogP contribution in [0.15, 0.2) is 35.5 Å². The van der Waals surface area contributed by atoms with Crippen LogP contribution in [0.5, 0.6) is 0 Å². The maximum Gasteiger partial charge on any atom is 0.230 e. The van der Waals surface area contributed by atoms with E-state index in [0.29, 0.717) is 17.5 Å². The number of hydrogen-bond donors (Lipinski definition) is 1. The quantitative estimate of drug-likeness (QED) is 0.819. The maximum atomic E-state index is 11.9. The van der Waals surface area contributed by atoms with Crippen LogP contribution in [0.1, 0.15) is 25.5 Å². The molecule has 0 fully saturated rings. The minimum Gasteiger partial charge on any atom is -0.349 e. The molecule has 106 valence electrons. The van der Waals surface area contributed by atoms with Crippen LogP contribution in [0.2, 0.25) is 0 Å². The Hall–Kier alpha value is -1.89. The summed E-state index contributed by atoms with van der Waals surface area (Å²) in [5.74, 6) is 0.273. The third kappa shape index (κ3) is 3.80. The zero-order valence-corrected chi connectivity index (χ0v) is 12.3. The molecule has 7 heteroatoms. The molecule has 0 aliphatic heterocycles. The molecule has 1 unspecified atom stereocenters. The molecule has 6 nitrogen and oxygen atoms in total. The van der Waals surface area contributed by atoms with Crippen molar-refractivity contribution in [3.05, 3.63) is 35.9 Å². The van der Waals surface area contributed by atoms with Crippen molar-refractivity contribution in [2.75, 3.05) is 5.75 Å². The molecular weight excluding hydrogens is 274 g/mol. The smallest absolute Gasteiger partial charge is 0.230 e. The predicted octanol–water partition coefficient (Wildman–Crippen LogP) is 1.66. The Morgan fingerprint density at radius 3 is 2.85 bits per heavy atom. The fourth-order valence-corrected chi connectivity index (χ4v) is 2.49. The maximum absolute atomic E-state index is 11.9. The van der Waals surface area contributed by atoms with Crippen molar-refractivity contribution in [3.8, 4) is 0 Å². The Kier molecular flexibility index (Phi) is 5.11. The Bertz CT molecular complexity index is 557. The highest BCUT2D eigenvalue weighted by Crippen LogP contribution is 2.15. The lowest BCUT2D eigenvalue weighted by molar-refractivity contribution is -0.119. The van der Waals surface area contributed by atoms with E-state index in [9.17, 15) is 4.79 Å². The number of tetrazole rings is 1. The molecule has 0 saturated carbocycles. The van der Waals surface area contributed by atoms with Gasteiger partial charge in [-0.05, 0) is 29.8 Å². The van der Waals surface area contributed by atoms with Crippen molar-refractivity contribution in [1.82, 2.24) is 25.5 Å². The first-order valence-corrected chi connectivity index (χ1v) is 7.42. The van der Waals surface area contributed by atoms with Crippen molar-refractivity contribution in [3.63, 3.8) is 0 Å². The van der Waals surface area contributed by atoms with E-state index in [1.807, 2.05) is 44.2 Å². The number of benzene rings is 1. The minimum absolute atomic E-state index is 0.00790. The molecule has 0 spiro atoms. The van der Waals surface area contributed by atoms with E-state index in [4.69, 9.17) is 0 Å². The number of aromatic nitrogens is 4. The third-order valence-corrected chi connectivity index (χ3v) is 3.77. The Balaban J connectivity index is 1.84. The molecular formula is C13H17N5OS. The van der Waals surface area contributed by atoms with Crippen LogP contribution in [0.3, 0.4) is 0 Å². The summed E-state index contributed by atoms with van der Waals surface area (Å²) in [4.78, 5) is 11.9. The van der Waals surface area contributed by atoms with Crippen LogP contribution in [0.25, 0.3) is 0 Å². The van der Waals surface area contributed by atoms with Gasteiger partial charge in [0.2, 0.25) is 11.1 Å². The SMILES string of the molecule is CCn1nnnc1SCC(=O)NC(C)c1ccccc1. The summed E-state index contributed by atoms with van der Waals surface area (Å²) in [6, 6.07) is 9.86. The van der Waals surface area contributed by atoms with Crippen LogP contribution >= 0.6 is 11.8 Å². The number of rotatable bonds is 6. The summed E-state index contributed by atoms with van der Waals surface area (Å²) in [6.45, 7) is 4.61. The lowest BCUT2D eigenvalue weighted by Crippen LogP contribution is -2.28. The molecule has 2 rings (SSSR count). The van der Waals surface area contributed by atoms with Gasteiger partial charge in [0, 0.05) is 6.54 Å². The summed E-state index contributed by atoms with van der Waals surface area (Å²) in [6.07, 6.45) is 0. The minimum atomic E-state index is -0.0305. The largest absolute Gasteiger partial charge is 0.349 e. The van der Waals surface area contributed by atoms with Gasteiger partial charge in [0.1, 0.15) is 0 Å². The number of amides is 1. The molecule has 1 aromatic heterocycles. The van der Waals surface area contributed by atoms with E-state index in [0.717, 1.165) is 5.56 Å². The normalized spacial score (nSPS) is 12.1. The van der Waals surface area contributed by atoms with E-state index >= 15 is 0 Å². The zero-order chi connectivity index (χ0) is 14.4. The van der Waals surface area contributed by atoms with Gasteiger partial charge in [-0.1, -0.05) is 42.1 Å². The van der Waals surface area contributed by atoms with Gasteiger partial charge in [-0.3, -0.25) is 4.79 Å². The van der Waals surface area contributed by atoms with Crippen molar-refractivity contribution < 1.29 is 4.79 Å². The average molecular weight is 291 g/mol. The van der Waals surface area contributed by atoms with Crippen LogP contribution in [-0.4, -0.2) is 31.9 Å². The van der Waals surface area contributed by atoms with Gasteiger partial charge in [0.25, 0.3) is 0 Å². The van der Waals surface area contributed by atoms with E-state index < -0.39 is 0 Å². The first-order chi connectivity index (χ1) is 9.70. The highest BCUT2D eigenvalue weighted by atomic mass is 32.2. The monoisotopic (exact) mass is 291 g/mol. The molecule has 1 heterocycles. The van der Waals surface area contributed by atoms with Crippen molar-refractivity contribution in [2.24, 2.45) is 0 Å². The van der Waals surface area contributed by atoms with Gasteiger partial charge < -0.3 is 5.32 Å². The fourth-order valence-electron chi connectivity index (χ4n) is 1.74. The van der Waals surface area contributed by atoms with Crippen LogP contribution in [0, 0.1) is 0 Å². The molecule has 1 amide bonds. The fraction of sp³-hybridized carbons (Fsp3) is 0.385. The molecule has 0 aliphatic carbocycles. The topological polar surface area (TPSA) is 72.7 Å². The van der Waals surface area contributed by atoms with Gasteiger partial charge in [0.15, 0.2) is 0 Å².